The van der Waals surface area contributed by atoms with Crippen LogP contribution in [0.2, 0.25) is 0 Å². The highest BCUT2D eigenvalue weighted by molar-refractivity contribution is 7.88. The zero-order valence-corrected chi connectivity index (χ0v) is 14.4. The molecule has 126 valence electrons. The van der Waals surface area contributed by atoms with Gasteiger partial charge < -0.3 is 4.57 Å². The summed E-state index contributed by atoms with van der Waals surface area (Å²) in [5.41, 5.74) is 4.18. The lowest BCUT2D eigenvalue weighted by molar-refractivity contribution is 0.157. The Morgan fingerprint density at radius 3 is 2.91 bits per heavy atom. The Balaban J connectivity index is 1.80. The monoisotopic (exact) mass is 338 g/mol. The second-order valence-corrected chi connectivity index (χ2v) is 8.01. The van der Waals surface area contributed by atoms with Crippen LogP contribution in [0.4, 0.5) is 0 Å². The minimum atomic E-state index is -3.21. The summed E-state index contributed by atoms with van der Waals surface area (Å²) in [6.45, 7) is 3.70. The van der Waals surface area contributed by atoms with E-state index in [0.29, 0.717) is 19.6 Å². The van der Waals surface area contributed by atoms with Crippen LogP contribution in [0.3, 0.4) is 0 Å². The van der Waals surface area contributed by atoms with E-state index in [2.05, 4.69) is 24.8 Å². The Morgan fingerprint density at radius 2 is 2.26 bits per heavy atom. The fraction of sp³-hybridized carbons (Fsp3) is 0.571. The molecule has 0 radical (unpaired) electrons. The Morgan fingerprint density at radius 1 is 1.48 bits per heavy atom. The minimum Gasteiger partial charge on any atom is -0.337 e. The van der Waals surface area contributed by atoms with Crippen molar-refractivity contribution in [1.29, 1.82) is 0 Å². The SMILES string of the molecule is Cc1cc(CN2Cc3ncn(C)c3C[C@@H]2CNS(C)(=O)=O)n[nH]1. The topological polar surface area (TPSA) is 95.9 Å². The van der Waals surface area contributed by atoms with Gasteiger partial charge in [0.25, 0.3) is 0 Å². The van der Waals surface area contributed by atoms with Crippen molar-refractivity contribution in [2.45, 2.75) is 32.5 Å². The van der Waals surface area contributed by atoms with Crippen LogP contribution in [0.15, 0.2) is 12.4 Å². The van der Waals surface area contributed by atoms with E-state index in [-0.39, 0.29) is 6.04 Å². The van der Waals surface area contributed by atoms with Gasteiger partial charge in [-0.15, -0.1) is 0 Å². The fourth-order valence-electron chi connectivity index (χ4n) is 2.97. The van der Waals surface area contributed by atoms with E-state index < -0.39 is 10.0 Å². The van der Waals surface area contributed by atoms with Gasteiger partial charge in [0.05, 0.1) is 24.0 Å². The van der Waals surface area contributed by atoms with Crippen molar-refractivity contribution in [3.8, 4) is 0 Å². The average molecular weight is 338 g/mol. The molecule has 0 amide bonds. The summed E-state index contributed by atoms with van der Waals surface area (Å²) in [4.78, 5) is 6.68. The summed E-state index contributed by atoms with van der Waals surface area (Å²) in [7, 11) is -1.24. The highest BCUT2D eigenvalue weighted by atomic mass is 32.2. The van der Waals surface area contributed by atoms with Crippen molar-refractivity contribution in [1.82, 2.24) is 29.4 Å². The fourth-order valence-corrected chi connectivity index (χ4v) is 3.46. The Kier molecular flexibility index (Phi) is 4.26. The molecule has 9 heteroatoms. The van der Waals surface area contributed by atoms with Gasteiger partial charge in [-0.3, -0.25) is 10.00 Å². The maximum absolute atomic E-state index is 11.4. The number of rotatable bonds is 5. The summed E-state index contributed by atoms with van der Waals surface area (Å²) in [6.07, 6.45) is 3.76. The lowest BCUT2D eigenvalue weighted by atomic mass is 10.0. The molecule has 2 aromatic heterocycles. The van der Waals surface area contributed by atoms with Gasteiger partial charge in [-0.25, -0.2) is 18.1 Å². The molecule has 0 saturated carbocycles. The van der Waals surface area contributed by atoms with Crippen LogP contribution in [0.5, 0.6) is 0 Å². The first kappa shape index (κ1) is 16.2. The highest BCUT2D eigenvalue weighted by Crippen LogP contribution is 2.23. The normalized spacial score (nSPS) is 19.0. The van der Waals surface area contributed by atoms with Crippen LogP contribution in [0.1, 0.15) is 22.8 Å². The molecule has 0 spiro atoms. The molecular weight excluding hydrogens is 316 g/mol. The van der Waals surface area contributed by atoms with Crippen molar-refractivity contribution in [3.63, 3.8) is 0 Å². The Hall–Kier alpha value is -1.71. The third-order valence-corrected chi connectivity index (χ3v) is 4.84. The molecular formula is C14H22N6O2S. The van der Waals surface area contributed by atoms with Gasteiger partial charge in [-0.05, 0) is 13.0 Å². The molecule has 0 bridgehead atoms. The van der Waals surface area contributed by atoms with Crippen LogP contribution in [-0.2, 0) is 36.6 Å². The summed E-state index contributed by atoms with van der Waals surface area (Å²) in [6, 6.07) is 2.08. The van der Waals surface area contributed by atoms with Crippen molar-refractivity contribution in [2.75, 3.05) is 12.8 Å². The molecule has 2 aromatic rings. The van der Waals surface area contributed by atoms with E-state index in [0.717, 1.165) is 23.5 Å². The molecule has 0 aliphatic carbocycles. The van der Waals surface area contributed by atoms with Crippen molar-refractivity contribution in [3.05, 3.63) is 35.2 Å². The summed E-state index contributed by atoms with van der Waals surface area (Å²) in [5.74, 6) is 0. The van der Waals surface area contributed by atoms with E-state index >= 15 is 0 Å². The largest absolute Gasteiger partial charge is 0.337 e. The predicted molar refractivity (Wildman–Crippen MR) is 86.1 cm³/mol. The number of sulfonamides is 1. The minimum absolute atomic E-state index is 0.0737. The van der Waals surface area contributed by atoms with E-state index in [4.69, 9.17) is 0 Å². The molecule has 23 heavy (non-hydrogen) atoms. The lowest BCUT2D eigenvalue weighted by Gasteiger charge is -2.35. The Labute approximate surface area is 136 Å². The number of nitrogens with one attached hydrogen (secondary N) is 2. The van der Waals surface area contributed by atoms with E-state index in [1.807, 2.05) is 30.9 Å². The number of hydrogen-bond donors (Lipinski definition) is 2. The predicted octanol–water partition coefficient (Wildman–Crippen LogP) is -0.0723. The number of fused-ring (bicyclic) bond motifs is 1. The number of H-pyrrole nitrogens is 1. The van der Waals surface area contributed by atoms with E-state index in [9.17, 15) is 8.42 Å². The van der Waals surface area contributed by atoms with Crippen LogP contribution < -0.4 is 4.72 Å². The maximum atomic E-state index is 11.4. The molecule has 1 aliphatic rings. The summed E-state index contributed by atoms with van der Waals surface area (Å²) in [5, 5.41) is 7.23. The molecule has 1 atom stereocenters. The molecule has 0 fully saturated rings. The number of aromatic amines is 1. The highest BCUT2D eigenvalue weighted by Gasteiger charge is 2.29. The van der Waals surface area contributed by atoms with Gasteiger partial charge in [0, 0.05) is 50.5 Å². The van der Waals surface area contributed by atoms with Gasteiger partial charge in [-0.1, -0.05) is 0 Å². The third-order valence-electron chi connectivity index (χ3n) is 4.15. The lowest BCUT2D eigenvalue weighted by Crippen LogP contribution is -2.47. The second kappa shape index (κ2) is 6.06. The van der Waals surface area contributed by atoms with E-state index in [1.165, 1.54) is 11.9 Å². The summed E-state index contributed by atoms with van der Waals surface area (Å²) < 4.78 is 27.5. The van der Waals surface area contributed by atoms with Crippen molar-refractivity contribution in [2.24, 2.45) is 7.05 Å². The van der Waals surface area contributed by atoms with Gasteiger partial charge >= 0.3 is 0 Å². The molecule has 0 aromatic carbocycles. The van der Waals surface area contributed by atoms with Crippen molar-refractivity contribution < 1.29 is 8.42 Å². The summed E-state index contributed by atoms with van der Waals surface area (Å²) >= 11 is 0. The number of imidazole rings is 1. The van der Waals surface area contributed by atoms with Crippen LogP contribution in [0, 0.1) is 6.92 Å². The zero-order valence-electron chi connectivity index (χ0n) is 13.6. The molecule has 3 heterocycles. The first-order valence-electron chi connectivity index (χ1n) is 7.50. The van der Waals surface area contributed by atoms with Crippen molar-refractivity contribution >= 4 is 10.0 Å². The van der Waals surface area contributed by atoms with Crippen LogP contribution >= 0.6 is 0 Å². The standard InChI is InChI=1S/C14H22N6O2S/c1-10-4-11(18-17-10)7-20-8-13-14(19(2)9-15-13)5-12(20)6-16-23(3,21)22/h4,9,12,16H,5-8H2,1-3H3,(H,17,18)/t12-/m1/s1. The second-order valence-electron chi connectivity index (χ2n) is 6.17. The smallest absolute Gasteiger partial charge is 0.208 e. The zero-order chi connectivity index (χ0) is 16.6. The van der Waals surface area contributed by atoms with Crippen LogP contribution in [-0.4, -0.2) is 51.9 Å². The third kappa shape index (κ3) is 3.80. The number of nitrogens with zero attached hydrogens (tertiary/aromatic N) is 4. The number of hydrogen-bond acceptors (Lipinski definition) is 5. The molecule has 0 saturated heterocycles. The maximum Gasteiger partial charge on any atom is 0.208 e. The van der Waals surface area contributed by atoms with Crippen LogP contribution in [0.25, 0.3) is 0 Å². The number of aryl methyl sites for hydroxylation is 2. The average Bonchev–Trinajstić information content (AvgIpc) is 3.02. The molecule has 8 nitrogen and oxygen atoms in total. The molecule has 0 unspecified atom stereocenters. The Bertz CT molecular complexity index is 794. The quantitative estimate of drug-likeness (QED) is 0.795. The number of aromatic nitrogens is 4. The first-order valence-corrected chi connectivity index (χ1v) is 9.39. The van der Waals surface area contributed by atoms with Gasteiger partial charge in [0.15, 0.2) is 0 Å². The van der Waals surface area contributed by atoms with E-state index in [1.54, 1.807) is 0 Å². The van der Waals surface area contributed by atoms with Gasteiger partial charge in [-0.2, -0.15) is 5.10 Å². The molecule has 3 rings (SSSR count). The van der Waals surface area contributed by atoms with Gasteiger partial charge in [0.2, 0.25) is 10.0 Å². The molecule has 1 aliphatic heterocycles. The molecule has 2 N–H and O–H groups in total. The first-order chi connectivity index (χ1) is 10.8. The van der Waals surface area contributed by atoms with Gasteiger partial charge in [0.1, 0.15) is 0 Å².